The van der Waals surface area contributed by atoms with Crippen LogP contribution in [0.3, 0.4) is 0 Å². The largest absolute Gasteiger partial charge is 0.280 e. The molecule has 0 aliphatic heterocycles. The monoisotopic (exact) mass is 408 g/mol. The van der Waals surface area contributed by atoms with Crippen molar-refractivity contribution in [2.75, 3.05) is 4.72 Å². The minimum absolute atomic E-state index is 0.212. The molecule has 1 aromatic heterocycles. The Balaban J connectivity index is 1.64. The second-order valence-electron chi connectivity index (χ2n) is 6.02. The van der Waals surface area contributed by atoms with Crippen LogP contribution in [0.15, 0.2) is 89.8 Å². The van der Waals surface area contributed by atoms with Crippen molar-refractivity contribution in [3.05, 3.63) is 89.7 Å². The van der Waals surface area contributed by atoms with Gasteiger partial charge in [0.25, 0.3) is 10.0 Å². The van der Waals surface area contributed by atoms with Gasteiger partial charge in [0.15, 0.2) is 10.6 Å². The molecule has 0 spiro atoms. The summed E-state index contributed by atoms with van der Waals surface area (Å²) in [6.07, 6.45) is 0. The van der Waals surface area contributed by atoms with Crippen LogP contribution in [0.2, 0.25) is 0 Å². The molecule has 0 fully saturated rings. The Kier molecular flexibility index (Phi) is 4.81. The van der Waals surface area contributed by atoms with Gasteiger partial charge in [-0.15, -0.1) is 0 Å². The van der Waals surface area contributed by atoms with Gasteiger partial charge in [0.2, 0.25) is 0 Å². The lowest BCUT2D eigenvalue weighted by atomic mass is 10.2. The Hall–Kier alpha value is -3.23. The van der Waals surface area contributed by atoms with E-state index in [4.69, 9.17) is 12.2 Å². The van der Waals surface area contributed by atoms with Gasteiger partial charge in [-0.2, -0.15) is 5.10 Å². The fourth-order valence-corrected chi connectivity index (χ4v) is 4.13. The maximum absolute atomic E-state index is 12.5. The lowest BCUT2D eigenvalue weighted by molar-refractivity contribution is 0.601. The average Bonchev–Trinajstić information content (AvgIpc) is 3.11. The second kappa shape index (κ2) is 7.41. The van der Waals surface area contributed by atoms with Gasteiger partial charge in [0, 0.05) is 16.9 Å². The van der Waals surface area contributed by atoms with E-state index in [1.807, 2.05) is 34.9 Å². The first-order chi connectivity index (χ1) is 13.5. The predicted molar refractivity (Wildman–Crippen MR) is 111 cm³/mol. The van der Waals surface area contributed by atoms with Gasteiger partial charge in [-0.05, 0) is 60.7 Å². The zero-order chi connectivity index (χ0) is 19.6. The normalized spacial score (nSPS) is 11.3. The van der Waals surface area contributed by atoms with E-state index in [0.717, 1.165) is 11.3 Å². The summed E-state index contributed by atoms with van der Waals surface area (Å²) in [6, 6.07) is 24.9. The first-order valence-corrected chi connectivity index (χ1v) is 10.3. The summed E-state index contributed by atoms with van der Waals surface area (Å²) < 4.78 is 29.8. The third-order valence-corrected chi connectivity index (χ3v) is 5.81. The number of rotatable bonds is 5. The molecule has 0 saturated carbocycles. The van der Waals surface area contributed by atoms with E-state index < -0.39 is 10.0 Å². The van der Waals surface area contributed by atoms with Gasteiger partial charge in [0.1, 0.15) is 0 Å². The van der Waals surface area contributed by atoms with Gasteiger partial charge in [-0.3, -0.25) is 14.4 Å². The Bertz CT molecular complexity index is 1250. The molecule has 28 heavy (non-hydrogen) atoms. The van der Waals surface area contributed by atoms with Crippen LogP contribution in [0.25, 0.3) is 17.1 Å². The first-order valence-electron chi connectivity index (χ1n) is 8.46. The summed E-state index contributed by atoms with van der Waals surface area (Å²) in [7, 11) is -3.63. The van der Waals surface area contributed by atoms with Crippen molar-refractivity contribution < 1.29 is 8.42 Å². The topological polar surface area (TPSA) is 79.8 Å². The number of hydrogen-bond donors (Lipinski definition) is 2. The number of benzene rings is 3. The molecule has 2 N–H and O–H groups in total. The third-order valence-electron chi connectivity index (χ3n) is 4.14. The number of aromatic amines is 1. The van der Waals surface area contributed by atoms with E-state index in [1.165, 1.54) is 0 Å². The fourth-order valence-electron chi connectivity index (χ4n) is 2.81. The van der Waals surface area contributed by atoms with Crippen LogP contribution in [0.1, 0.15) is 0 Å². The molecule has 0 aliphatic carbocycles. The summed E-state index contributed by atoms with van der Waals surface area (Å²) in [5, 5.41) is 7.13. The molecule has 0 unspecified atom stereocenters. The molecule has 0 bridgehead atoms. The molecule has 8 heteroatoms. The lowest BCUT2D eigenvalue weighted by Crippen LogP contribution is -2.12. The maximum Gasteiger partial charge on any atom is 0.261 e. The van der Waals surface area contributed by atoms with Crippen molar-refractivity contribution >= 4 is 27.9 Å². The number of aromatic nitrogens is 3. The standard InChI is InChI=1S/C20H16N4O2S2/c25-28(26,18-9-5-2-6-10-18)23-16-13-11-15(12-14-16)19-21-22-20(27)24(19)17-7-3-1-4-8-17/h1-14,23H,(H,22,27). The number of H-pyrrole nitrogens is 1. The van der Waals surface area contributed by atoms with Crippen LogP contribution in [0.4, 0.5) is 5.69 Å². The van der Waals surface area contributed by atoms with E-state index in [9.17, 15) is 8.42 Å². The predicted octanol–water partition coefficient (Wildman–Crippen LogP) is 4.40. The molecule has 6 nitrogen and oxygen atoms in total. The van der Waals surface area contributed by atoms with Gasteiger partial charge in [-0.25, -0.2) is 8.42 Å². The quantitative estimate of drug-likeness (QED) is 0.480. The number of nitrogens with one attached hydrogen (secondary N) is 2. The van der Waals surface area contributed by atoms with Crippen molar-refractivity contribution in [1.82, 2.24) is 14.8 Å². The minimum atomic E-state index is -3.63. The van der Waals surface area contributed by atoms with Crippen LogP contribution in [0, 0.1) is 4.77 Å². The number of anilines is 1. The molecule has 0 radical (unpaired) electrons. The molecule has 1 heterocycles. The Morgan fingerprint density at radius 3 is 2.11 bits per heavy atom. The summed E-state index contributed by atoms with van der Waals surface area (Å²) in [5.41, 5.74) is 2.16. The Labute approximate surface area is 167 Å². The SMILES string of the molecule is O=S(=O)(Nc1ccc(-c2n[nH]c(=S)n2-c2ccccc2)cc1)c1ccccc1. The van der Waals surface area contributed by atoms with Crippen LogP contribution in [-0.2, 0) is 10.0 Å². The van der Waals surface area contributed by atoms with Crippen molar-refractivity contribution in [2.45, 2.75) is 4.90 Å². The van der Waals surface area contributed by atoms with Crippen molar-refractivity contribution in [3.8, 4) is 17.1 Å². The van der Waals surface area contributed by atoms with Crippen LogP contribution < -0.4 is 4.72 Å². The molecule has 0 amide bonds. The summed E-state index contributed by atoms with van der Waals surface area (Å²) in [5.74, 6) is 0.647. The van der Waals surface area contributed by atoms with Crippen LogP contribution in [-0.4, -0.2) is 23.2 Å². The van der Waals surface area contributed by atoms with E-state index in [0.29, 0.717) is 16.3 Å². The number of nitrogens with zero attached hydrogens (tertiary/aromatic N) is 2. The molecule has 0 atom stereocenters. The Morgan fingerprint density at radius 1 is 0.857 bits per heavy atom. The number of para-hydroxylation sites is 1. The van der Waals surface area contributed by atoms with Crippen LogP contribution >= 0.6 is 12.2 Å². The van der Waals surface area contributed by atoms with E-state index in [-0.39, 0.29) is 4.90 Å². The van der Waals surface area contributed by atoms with Gasteiger partial charge >= 0.3 is 0 Å². The molecule has 140 valence electrons. The number of sulfonamides is 1. The molecule has 0 aliphatic rings. The highest BCUT2D eigenvalue weighted by Crippen LogP contribution is 2.24. The zero-order valence-corrected chi connectivity index (χ0v) is 16.2. The molecule has 4 rings (SSSR count). The lowest BCUT2D eigenvalue weighted by Gasteiger charge is -2.10. The molecule has 3 aromatic carbocycles. The van der Waals surface area contributed by atoms with Crippen molar-refractivity contribution in [1.29, 1.82) is 0 Å². The molecular weight excluding hydrogens is 392 g/mol. The summed E-state index contributed by atoms with van der Waals surface area (Å²) in [6.45, 7) is 0. The highest BCUT2D eigenvalue weighted by molar-refractivity contribution is 7.92. The zero-order valence-electron chi connectivity index (χ0n) is 14.6. The van der Waals surface area contributed by atoms with E-state index in [1.54, 1.807) is 54.6 Å². The summed E-state index contributed by atoms with van der Waals surface area (Å²) >= 11 is 5.36. The highest BCUT2D eigenvalue weighted by atomic mass is 32.2. The van der Waals surface area contributed by atoms with Crippen molar-refractivity contribution in [2.24, 2.45) is 0 Å². The molecular formula is C20H16N4O2S2. The summed E-state index contributed by atoms with van der Waals surface area (Å²) in [4.78, 5) is 0.212. The van der Waals surface area contributed by atoms with Gasteiger partial charge < -0.3 is 0 Å². The van der Waals surface area contributed by atoms with Gasteiger partial charge in [0.05, 0.1) is 4.90 Å². The molecule has 4 aromatic rings. The maximum atomic E-state index is 12.5. The molecule has 0 saturated heterocycles. The second-order valence-corrected chi connectivity index (χ2v) is 8.09. The fraction of sp³-hybridized carbons (Fsp3) is 0. The minimum Gasteiger partial charge on any atom is -0.280 e. The Morgan fingerprint density at radius 2 is 1.46 bits per heavy atom. The highest BCUT2D eigenvalue weighted by Gasteiger charge is 2.14. The smallest absolute Gasteiger partial charge is 0.261 e. The number of hydrogen-bond acceptors (Lipinski definition) is 4. The van der Waals surface area contributed by atoms with Crippen molar-refractivity contribution in [3.63, 3.8) is 0 Å². The van der Waals surface area contributed by atoms with Crippen LogP contribution in [0.5, 0.6) is 0 Å². The first kappa shape index (κ1) is 18.1. The van der Waals surface area contributed by atoms with Gasteiger partial charge in [-0.1, -0.05) is 36.4 Å². The van der Waals surface area contributed by atoms with E-state index in [2.05, 4.69) is 14.9 Å². The third kappa shape index (κ3) is 3.60. The van der Waals surface area contributed by atoms with E-state index >= 15 is 0 Å². The average molecular weight is 409 g/mol.